The molecule has 0 aliphatic rings. The maximum Gasteiger partial charge on any atom is 0.245 e. The molecule has 0 saturated heterocycles. The molecule has 11 N–H and O–H groups in total. The van der Waals surface area contributed by atoms with E-state index in [2.05, 4.69) is 26.6 Å². The number of ketones is 2. The standard InChI is InChI=1S/C33H55N7O11/c1-22(40-33(48)26(34)17-24-6-8-25(43)9-7-24)29(44)18-38-27(30(45)19-39-28(20-41)32(35)47)5-3-4-10-37-31(46)21-51-16-15-50-14-13-49-12-11-36-23(2)42/h6-9,22,26-28,38-39,41,43H,3-5,10-21,34H2,1-2H3,(H2,35,47)(H,36,42)(H,37,46)(H,40,48)/t22?,26-,27-,28-/m0/s1. The number of aromatic hydroxyl groups is 1. The third-order valence-electron chi connectivity index (χ3n) is 7.37. The lowest BCUT2D eigenvalue weighted by molar-refractivity contribution is -0.128. The van der Waals surface area contributed by atoms with Crippen LogP contribution in [0, 0.1) is 0 Å². The van der Waals surface area contributed by atoms with Gasteiger partial charge in [-0.2, -0.15) is 0 Å². The highest BCUT2D eigenvalue weighted by atomic mass is 16.5. The van der Waals surface area contributed by atoms with Gasteiger partial charge in [0.1, 0.15) is 18.4 Å². The number of aliphatic hydroxyl groups is 1. The number of phenolic OH excluding ortho intramolecular Hbond substituents is 1. The highest BCUT2D eigenvalue weighted by Gasteiger charge is 2.24. The predicted molar refractivity (Wildman–Crippen MR) is 185 cm³/mol. The van der Waals surface area contributed by atoms with Crippen LogP contribution in [0.5, 0.6) is 5.75 Å². The first-order chi connectivity index (χ1) is 24.3. The van der Waals surface area contributed by atoms with Gasteiger partial charge in [0.15, 0.2) is 11.6 Å². The number of primary amides is 1. The molecule has 18 nitrogen and oxygen atoms in total. The normalized spacial score (nSPS) is 13.4. The molecule has 1 aromatic rings. The van der Waals surface area contributed by atoms with Crippen molar-refractivity contribution in [1.29, 1.82) is 0 Å². The molecule has 1 unspecified atom stereocenters. The van der Waals surface area contributed by atoms with Gasteiger partial charge in [0.25, 0.3) is 0 Å². The average molecular weight is 726 g/mol. The Kier molecular flexibility index (Phi) is 23.6. The number of Topliss-reactive ketones (excluding diaryl/α,β-unsaturated/α-hetero) is 2. The van der Waals surface area contributed by atoms with Gasteiger partial charge in [-0.25, -0.2) is 0 Å². The van der Waals surface area contributed by atoms with Gasteiger partial charge in [0.05, 0.1) is 70.9 Å². The number of carbonyl (C=O) groups is 6. The van der Waals surface area contributed by atoms with E-state index >= 15 is 0 Å². The summed E-state index contributed by atoms with van der Waals surface area (Å²) in [4.78, 5) is 72.7. The average Bonchev–Trinajstić information content (AvgIpc) is 3.08. The minimum atomic E-state index is -1.12. The van der Waals surface area contributed by atoms with Gasteiger partial charge < -0.3 is 57.2 Å². The first kappa shape index (κ1) is 45.0. The number of hydrogen-bond acceptors (Lipinski definition) is 14. The van der Waals surface area contributed by atoms with E-state index in [0.29, 0.717) is 45.8 Å². The summed E-state index contributed by atoms with van der Waals surface area (Å²) in [5.74, 6) is -2.51. The minimum Gasteiger partial charge on any atom is -0.508 e. The van der Waals surface area contributed by atoms with Crippen LogP contribution in [0.25, 0.3) is 0 Å². The summed E-state index contributed by atoms with van der Waals surface area (Å²) in [7, 11) is 0. The van der Waals surface area contributed by atoms with Crippen molar-refractivity contribution < 1.29 is 53.2 Å². The molecule has 4 atom stereocenters. The second-order valence-corrected chi connectivity index (χ2v) is 11.7. The smallest absolute Gasteiger partial charge is 0.245 e. The molecule has 0 fully saturated rings. The number of hydrogen-bond donors (Lipinski definition) is 9. The lowest BCUT2D eigenvalue weighted by Crippen LogP contribution is -2.52. The Morgan fingerprint density at radius 2 is 1.41 bits per heavy atom. The zero-order chi connectivity index (χ0) is 38.0. The Hall–Kier alpha value is -4.04. The van der Waals surface area contributed by atoms with Gasteiger partial charge in [0.2, 0.25) is 23.6 Å². The van der Waals surface area contributed by atoms with Crippen molar-refractivity contribution in [3.05, 3.63) is 29.8 Å². The van der Waals surface area contributed by atoms with E-state index in [1.165, 1.54) is 26.0 Å². The zero-order valence-electron chi connectivity index (χ0n) is 29.4. The zero-order valence-corrected chi connectivity index (χ0v) is 29.4. The van der Waals surface area contributed by atoms with E-state index < -0.39 is 48.4 Å². The highest BCUT2D eigenvalue weighted by Crippen LogP contribution is 2.11. The number of rotatable bonds is 30. The van der Waals surface area contributed by atoms with E-state index in [-0.39, 0.29) is 69.1 Å². The van der Waals surface area contributed by atoms with E-state index in [4.69, 9.17) is 25.7 Å². The SMILES string of the molecule is CC(=O)NCCOCCOCCOCC(=O)NCCCC[C@H](NCC(=O)C(C)NC(=O)[C@@H](N)Cc1ccc(O)cc1)C(=O)CN[C@@H](CO)C(N)=O. The lowest BCUT2D eigenvalue weighted by Gasteiger charge is -2.21. The summed E-state index contributed by atoms with van der Waals surface area (Å²) >= 11 is 0. The van der Waals surface area contributed by atoms with Gasteiger partial charge >= 0.3 is 0 Å². The predicted octanol–water partition coefficient (Wildman–Crippen LogP) is -3.23. The van der Waals surface area contributed by atoms with Gasteiger partial charge in [-0.3, -0.25) is 34.1 Å². The van der Waals surface area contributed by atoms with Crippen LogP contribution in [-0.4, -0.2) is 142 Å². The first-order valence-electron chi connectivity index (χ1n) is 16.8. The summed E-state index contributed by atoms with van der Waals surface area (Å²) in [5.41, 5.74) is 12.0. The number of amides is 4. The van der Waals surface area contributed by atoms with Crippen molar-refractivity contribution >= 4 is 35.2 Å². The summed E-state index contributed by atoms with van der Waals surface area (Å²) < 4.78 is 15.9. The molecule has 0 spiro atoms. The Labute approximate surface area is 298 Å². The van der Waals surface area contributed by atoms with Gasteiger partial charge in [-0.05, 0) is 50.3 Å². The first-order valence-corrected chi connectivity index (χ1v) is 16.8. The van der Waals surface area contributed by atoms with E-state index in [1.807, 2.05) is 0 Å². The minimum absolute atomic E-state index is 0.0836. The van der Waals surface area contributed by atoms with Gasteiger partial charge in [-0.1, -0.05) is 12.1 Å². The molecule has 18 heteroatoms. The molecule has 288 valence electrons. The van der Waals surface area contributed by atoms with Crippen LogP contribution in [-0.2, 0) is 49.4 Å². The van der Waals surface area contributed by atoms with Crippen LogP contribution in [0.15, 0.2) is 24.3 Å². The fourth-order valence-corrected chi connectivity index (χ4v) is 4.39. The summed E-state index contributed by atoms with van der Waals surface area (Å²) in [6.45, 7) is 3.93. The Morgan fingerprint density at radius 3 is 2.04 bits per heavy atom. The fourth-order valence-electron chi connectivity index (χ4n) is 4.39. The Balaban J connectivity index is 2.44. The van der Waals surface area contributed by atoms with E-state index in [0.717, 1.165) is 5.56 Å². The van der Waals surface area contributed by atoms with Crippen molar-refractivity contribution in [3.8, 4) is 5.75 Å². The van der Waals surface area contributed by atoms with Crippen molar-refractivity contribution in [3.63, 3.8) is 0 Å². The monoisotopic (exact) mass is 725 g/mol. The number of benzene rings is 1. The highest BCUT2D eigenvalue weighted by molar-refractivity contribution is 5.92. The molecular weight excluding hydrogens is 670 g/mol. The molecule has 1 rings (SSSR count). The number of aliphatic hydroxyl groups excluding tert-OH is 1. The third-order valence-corrected chi connectivity index (χ3v) is 7.37. The fraction of sp³-hybridized carbons (Fsp3) is 0.636. The van der Waals surface area contributed by atoms with Crippen LogP contribution < -0.4 is 38.1 Å². The van der Waals surface area contributed by atoms with Crippen molar-refractivity contribution in [2.45, 2.75) is 63.7 Å². The topological polar surface area (TPSA) is 283 Å². The molecule has 0 radical (unpaired) electrons. The van der Waals surface area contributed by atoms with Crippen LogP contribution in [0.1, 0.15) is 38.7 Å². The molecule has 0 bridgehead atoms. The quantitative estimate of drug-likeness (QED) is 0.0353. The number of unbranched alkanes of at least 4 members (excludes halogenated alkanes) is 1. The number of nitrogens with two attached hydrogens (primary N) is 2. The summed E-state index contributed by atoms with van der Waals surface area (Å²) in [6.07, 6.45) is 1.47. The molecule has 0 saturated carbocycles. The number of carbonyl (C=O) groups excluding carboxylic acids is 6. The summed E-state index contributed by atoms with van der Waals surface area (Å²) in [6, 6.07) is 2.45. The van der Waals surface area contributed by atoms with E-state index in [9.17, 15) is 39.0 Å². The molecule has 0 heterocycles. The number of nitrogens with one attached hydrogen (secondary N) is 5. The lowest BCUT2D eigenvalue weighted by atomic mass is 10.0. The second kappa shape index (κ2) is 26.7. The maximum absolute atomic E-state index is 13.0. The molecule has 4 amide bonds. The van der Waals surface area contributed by atoms with Crippen molar-refractivity contribution in [1.82, 2.24) is 26.6 Å². The van der Waals surface area contributed by atoms with Gasteiger partial charge in [0, 0.05) is 20.0 Å². The van der Waals surface area contributed by atoms with Crippen molar-refractivity contribution in [2.24, 2.45) is 11.5 Å². The van der Waals surface area contributed by atoms with Crippen LogP contribution in [0.4, 0.5) is 0 Å². The van der Waals surface area contributed by atoms with Crippen LogP contribution in [0.3, 0.4) is 0 Å². The second-order valence-electron chi connectivity index (χ2n) is 11.7. The number of phenols is 1. The Bertz CT molecular complexity index is 1220. The molecule has 51 heavy (non-hydrogen) atoms. The summed E-state index contributed by atoms with van der Waals surface area (Å²) in [5, 5.41) is 32.2. The third kappa shape index (κ3) is 21.7. The molecule has 0 aliphatic heterocycles. The largest absolute Gasteiger partial charge is 0.508 e. The van der Waals surface area contributed by atoms with Crippen LogP contribution in [0.2, 0.25) is 0 Å². The van der Waals surface area contributed by atoms with Gasteiger partial charge in [-0.15, -0.1) is 0 Å². The molecule has 1 aromatic carbocycles. The number of ether oxygens (including phenoxy) is 3. The maximum atomic E-state index is 13.0. The molecular formula is C33H55N7O11. The molecule has 0 aliphatic carbocycles. The Morgan fingerprint density at radius 1 is 0.804 bits per heavy atom. The molecule has 0 aromatic heterocycles. The van der Waals surface area contributed by atoms with Crippen molar-refractivity contribution in [2.75, 3.05) is 72.4 Å². The van der Waals surface area contributed by atoms with Crippen LogP contribution >= 0.6 is 0 Å². The van der Waals surface area contributed by atoms with E-state index in [1.54, 1.807) is 12.1 Å².